The van der Waals surface area contributed by atoms with Gasteiger partial charge in [-0.05, 0) is 108 Å². The summed E-state index contributed by atoms with van der Waals surface area (Å²) < 4.78 is 0. The van der Waals surface area contributed by atoms with E-state index in [1.807, 2.05) is 11.8 Å². The van der Waals surface area contributed by atoms with Crippen LogP contribution in [0.1, 0.15) is 185 Å². The molecular weight excluding hydrogens is 520 g/mol. The summed E-state index contributed by atoms with van der Waals surface area (Å²) in [6.07, 6.45) is 25.7. The standard InChI is InChI=1S/C38H54O2S/c39-37-33(29-13-5-1-6-14-29)21-27(22-34(37)30-15-7-2-8-16-30)25-41-26-28-23-35(31-17-9-3-10-18-31)38(40)36(24-28)32-19-11-4-12-20-32/h21-24,29-32,39-40H,1-20,25-26H2. The molecule has 2 nitrogen and oxygen atoms in total. The molecule has 6 rings (SSSR count). The molecule has 0 atom stereocenters. The lowest BCUT2D eigenvalue weighted by Gasteiger charge is -2.28. The number of rotatable bonds is 8. The van der Waals surface area contributed by atoms with Crippen molar-refractivity contribution in [2.75, 3.05) is 0 Å². The van der Waals surface area contributed by atoms with E-state index < -0.39 is 0 Å². The van der Waals surface area contributed by atoms with E-state index >= 15 is 0 Å². The second-order valence-electron chi connectivity index (χ2n) is 14.1. The number of thioether (sulfide) groups is 1. The summed E-state index contributed by atoms with van der Waals surface area (Å²) in [5.41, 5.74) is 7.85. The van der Waals surface area contributed by atoms with Crippen molar-refractivity contribution in [3.05, 3.63) is 57.6 Å². The van der Waals surface area contributed by atoms with E-state index in [0.717, 1.165) is 11.5 Å². The molecule has 0 radical (unpaired) electrons. The Morgan fingerprint density at radius 3 is 0.902 bits per heavy atom. The number of hydrogen-bond acceptors (Lipinski definition) is 3. The second kappa shape index (κ2) is 14.2. The van der Waals surface area contributed by atoms with Crippen LogP contribution in [0.15, 0.2) is 24.3 Å². The van der Waals surface area contributed by atoms with Gasteiger partial charge >= 0.3 is 0 Å². The first-order chi connectivity index (χ1) is 20.2. The van der Waals surface area contributed by atoms with E-state index in [-0.39, 0.29) is 0 Å². The second-order valence-corrected chi connectivity index (χ2v) is 15.1. The van der Waals surface area contributed by atoms with Crippen LogP contribution in [0.4, 0.5) is 0 Å². The van der Waals surface area contributed by atoms with Crippen LogP contribution in [0.3, 0.4) is 0 Å². The molecule has 0 amide bonds. The Kier molecular flexibility index (Phi) is 10.2. The van der Waals surface area contributed by atoms with Crippen LogP contribution in [0.2, 0.25) is 0 Å². The molecule has 4 aliphatic rings. The molecular formula is C38H54O2S. The van der Waals surface area contributed by atoms with Gasteiger partial charge in [0.05, 0.1) is 0 Å². The van der Waals surface area contributed by atoms with Gasteiger partial charge in [0.25, 0.3) is 0 Å². The molecule has 0 saturated heterocycles. The third kappa shape index (κ3) is 7.14. The summed E-state index contributed by atoms with van der Waals surface area (Å²) in [6, 6.07) is 9.51. The average molecular weight is 575 g/mol. The molecule has 0 spiro atoms. The fourth-order valence-corrected chi connectivity index (χ4v) is 9.75. The summed E-state index contributed by atoms with van der Waals surface area (Å²) in [5.74, 6) is 5.41. The first-order valence-electron chi connectivity index (χ1n) is 17.5. The first-order valence-corrected chi connectivity index (χ1v) is 18.6. The van der Waals surface area contributed by atoms with E-state index in [2.05, 4.69) is 24.3 Å². The Morgan fingerprint density at radius 1 is 0.415 bits per heavy atom. The SMILES string of the molecule is Oc1c(C2CCCCC2)cc(CSCc2cc(C3CCCCC3)c(O)c(C3CCCCC3)c2)cc1C1CCCCC1. The smallest absolute Gasteiger partial charge is 0.122 e. The fourth-order valence-electron chi connectivity index (χ4n) is 8.84. The predicted octanol–water partition coefficient (Wildman–Crippen LogP) is 11.7. The number of phenols is 2. The normalized spacial score (nSPS) is 22.2. The fraction of sp³-hybridized carbons (Fsp3) is 0.684. The monoisotopic (exact) mass is 574 g/mol. The van der Waals surface area contributed by atoms with Gasteiger partial charge in [-0.25, -0.2) is 0 Å². The Labute approximate surface area is 254 Å². The van der Waals surface area contributed by atoms with Crippen LogP contribution in [0.5, 0.6) is 11.5 Å². The maximum atomic E-state index is 11.5. The van der Waals surface area contributed by atoms with Crippen LogP contribution in [-0.2, 0) is 11.5 Å². The minimum atomic E-state index is 0.532. The number of aromatic hydroxyl groups is 2. The van der Waals surface area contributed by atoms with Crippen molar-refractivity contribution in [2.45, 2.75) is 164 Å². The molecule has 0 aliphatic heterocycles. The quantitative estimate of drug-likeness (QED) is 0.329. The number of hydrogen-bond donors (Lipinski definition) is 2. The highest BCUT2D eigenvalue weighted by molar-refractivity contribution is 7.97. The molecule has 224 valence electrons. The molecule has 4 aliphatic carbocycles. The Hall–Kier alpha value is -1.61. The van der Waals surface area contributed by atoms with Crippen LogP contribution in [0, 0.1) is 0 Å². The number of phenolic OH excluding ortho intramolecular Hbond substituents is 2. The lowest BCUT2D eigenvalue weighted by atomic mass is 9.78. The third-order valence-electron chi connectivity index (χ3n) is 11.2. The van der Waals surface area contributed by atoms with Crippen molar-refractivity contribution in [3.63, 3.8) is 0 Å². The summed E-state index contributed by atoms with van der Waals surface area (Å²) in [5, 5.41) is 23.1. The van der Waals surface area contributed by atoms with Gasteiger partial charge in [-0.1, -0.05) is 101 Å². The molecule has 41 heavy (non-hydrogen) atoms. The molecule has 4 saturated carbocycles. The van der Waals surface area contributed by atoms with E-state index in [0.29, 0.717) is 35.2 Å². The van der Waals surface area contributed by atoms with E-state index in [1.165, 1.54) is 162 Å². The zero-order valence-corrected chi connectivity index (χ0v) is 26.3. The molecule has 0 unspecified atom stereocenters. The molecule has 2 aromatic carbocycles. The maximum Gasteiger partial charge on any atom is 0.122 e. The minimum absolute atomic E-state index is 0.532. The summed E-state index contributed by atoms with van der Waals surface area (Å²) in [4.78, 5) is 0. The van der Waals surface area contributed by atoms with Crippen molar-refractivity contribution in [3.8, 4) is 11.5 Å². The van der Waals surface area contributed by atoms with Crippen molar-refractivity contribution in [1.82, 2.24) is 0 Å². The van der Waals surface area contributed by atoms with Crippen molar-refractivity contribution >= 4 is 11.8 Å². The topological polar surface area (TPSA) is 40.5 Å². The van der Waals surface area contributed by atoms with E-state index in [1.54, 1.807) is 0 Å². The van der Waals surface area contributed by atoms with Gasteiger partial charge in [-0.2, -0.15) is 11.8 Å². The van der Waals surface area contributed by atoms with Crippen LogP contribution in [0.25, 0.3) is 0 Å². The first kappa shape index (κ1) is 29.5. The zero-order chi connectivity index (χ0) is 28.0. The van der Waals surface area contributed by atoms with Gasteiger partial charge in [0.1, 0.15) is 11.5 Å². The van der Waals surface area contributed by atoms with Gasteiger partial charge in [0, 0.05) is 11.5 Å². The summed E-state index contributed by atoms with van der Waals surface area (Å²) in [7, 11) is 0. The van der Waals surface area contributed by atoms with Crippen molar-refractivity contribution < 1.29 is 10.2 Å². The Balaban J connectivity index is 1.23. The van der Waals surface area contributed by atoms with Gasteiger partial charge < -0.3 is 10.2 Å². The van der Waals surface area contributed by atoms with E-state index in [4.69, 9.17) is 0 Å². The maximum absolute atomic E-state index is 11.5. The van der Waals surface area contributed by atoms with Crippen molar-refractivity contribution in [1.29, 1.82) is 0 Å². The van der Waals surface area contributed by atoms with Crippen LogP contribution >= 0.6 is 11.8 Å². The molecule has 2 N–H and O–H groups in total. The van der Waals surface area contributed by atoms with E-state index in [9.17, 15) is 10.2 Å². The van der Waals surface area contributed by atoms with Gasteiger partial charge in [0.2, 0.25) is 0 Å². The van der Waals surface area contributed by atoms with Gasteiger partial charge in [-0.3, -0.25) is 0 Å². The Morgan fingerprint density at radius 2 is 0.659 bits per heavy atom. The largest absolute Gasteiger partial charge is 0.507 e. The third-order valence-corrected chi connectivity index (χ3v) is 12.2. The molecule has 0 bridgehead atoms. The van der Waals surface area contributed by atoms with Gasteiger partial charge in [0.15, 0.2) is 0 Å². The minimum Gasteiger partial charge on any atom is -0.507 e. The summed E-state index contributed by atoms with van der Waals surface area (Å²) >= 11 is 2.03. The molecule has 0 aromatic heterocycles. The van der Waals surface area contributed by atoms with Crippen LogP contribution < -0.4 is 0 Å². The predicted molar refractivity (Wildman–Crippen MR) is 175 cm³/mol. The zero-order valence-electron chi connectivity index (χ0n) is 25.5. The lowest BCUT2D eigenvalue weighted by molar-refractivity contribution is 0.392. The highest BCUT2D eigenvalue weighted by Gasteiger charge is 2.27. The lowest BCUT2D eigenvalue weighted by Crippen LogP contribution is -2.10. The highest BCUT2D eigenvalue weighted by atomic mass is 32.2. The van der Waals surface area contributed by atoms with Gasteiger partial charge in [-0.15, -0.1) is 0 Å². The Bertz CT molecular complexity index is 963. The molecule has 2 aromatic rings. The number of benzene rings is 2. The molecule has 4 fully saturated rings. The summed E-state index contributed by atoms with van der Waals surface area (Å²) in [6.45, 7) is 0. The van der Waals surface area contributed by atoms with Crippen molar-refractivity contribution in [2.24, 2.45) is 0 Å². The average Bonchev–Trinajstić information content (AvgIpc) is 3.04. The molecule has 3 heteroatoms. The molecule has 0 heterocycles. The highest BCUT2D eigenvalue weighted by Crippen LogP contribution is 2.47. The van der Waals surface area contributed by atoms with Crippen LogP contribution in [-0.4, -0.2) is 10.2 Å².